The van der Waals surface area contributed by atoms with E-state index >= 15 is 0 Å². The average molecular weight is 283 g/mol. The Morgan fingerprint density at radius 3 is 2.81 bits per heavy atom. The molecule has 0 aliphatic carbocycles. The summed E-state index contributed by atoms with van der Waals surface area (Å²) in [4.78, 5) is 16.6. The van der Waals surface area contributed by atoms with Crippen LogP contribution >= 0.6 is 0 Å². The van der Waals surface area contributed by atoms with E-state index < -0.39 is 0 Å². The molecule has 3 heterocycles. The van der Waals surface area contributed by atoms with E-state index in [4.69, 9.17) is 0 Å². The minimum absolute atomic E-state index is 0.115. The minimum atomic E-state index is -0.186. The minimum Gasteiger partial charge on any atom is -0.344 e. The second-order valence-corrected chi connectivity index (χ2v) is 5.13. The second kappa shape index (κ2) is 5.05. The van der Waals surface area contributed by atoms with Crippen LogP contribution in [-0.2, 0) is 7.05 Å². The molecule has 108 valence electrons. The molecule has 0 bridgehead atoms. The molecule has 3 aromatic heterocycles. The van der Waals surface area contributed by atoms with Gasteiger partial charge in [-0.05, 0) is 26.0 Å². The number of aryl methyl sites for hydroxylation is 2. The molecule has 3 rings (SSSR count). The van der Waals surface area contributed by atoms with Crippen LogP contribution < -0.4 is 5.32 Å². The highest BCUT2D eigenvalue weighted by molar-refractivity contribution is 5.93. The molecule has 3 aromatic rings. The van der Waals surface area contributed by atoms with Crippen LogP contribution in [0.5, 0.6) is 0 Å². The first kappa shape index (κ1) is 13.4. The number of rotatable bonds is 3. The van der Waals surface area contributed by atoms with Crippen molar-refractivity contribution in [1.82, 2.24) is 24.5 Å². The van der Waals surface area contributed by atoms with Crippen molar-refractivity contribution in [3.05, 3.63) is 53.7 Å². The molecule has 6 heteroatoms. The van der Waals surface area contributed by atoms with Crippen molar-refractivity contribution in [3.63, 3.8) is 0 Å². The van der Waals surface area contributed by atoms with E-state index in [9.17, 15) is 4.79 Å². The quantitative estimate of drug-likeness (QED) is 0.798. The average Bonchev–Trinajstić information content (AvgIpc) is 3.01. The lowest BCUT2D eigenvalue weighted by Gasteiger charge is -2.11. The zero-order chi connectivity index (χ0) is 15.0. The predicted molar refractivity (Wildman–Crippen MR) is 79.0 cm³/mol. The van der Waals surface area contributed by atoms with Gasteiger partial charge in [0.05, 0.1) is 11.7 Å². The lowest BCUT2D eigenvalue weighted by Crippen LogP contribution is -2.27. The van der Waals surface area contributed by atoms with E-state index in [0.717, 1.165) is 16.9 Å². The van der Waals surface area contributed by atoms with Gasteiger partial charge in [0.15, 0.2) is 0 Å². The maximum atomic E-state index is 12.3. The Bertz CT molecular complexity index is 768. The van der Waals surface area contributed by atoms with Gasteiger partial charge < -0.3 is 9.72 Å². The Labute approximate surface area is 122 Å². The highest BCUT2D eigenvalue weighted by Crippen LogP contribution is 2.16. The van der Waals surface area contributed by atoms with Gasteiger partial charge in [-0.15, -0.1) is 0 Å². The molecular weight excluding hydrogens is 266 g/mol. The molecule has 0 aliphatic heterocycles. The Kier molecular flexibility index (Phi) is 3.21. The first-order valence-electron chi connectivity index (χ1n) is 6.79. The number of pyridine rings is 1. The Hall–Kier alpha value is -2.63. The van der Waals surface area contributed by atoms with Gasteiger partial charge in [-0.3, -0.25) is 9.48 Å². The van der Waals surface area contributed by atoms with Gasteiger partial charge in [-0.2, -0.15) is 5.10 Å². The van der Waals surface area contributed by atoms with Crippen molar-refractivity contribution in [2.24, 2.45) is 7.05 Å². The summed E-state index contributed by atoms with van der Waals surface area (Å²) in [5.41, 5.74) is 3.09. The monoisotopic (exact) mass is 283 g/mol. The third kappa shape index (κ3) is 2.52. The molecule has 1 amide bonds. The number of hydrogen-bond donors (Lipinski definition) is 1. The molecule has 1 atom stereocenters. The number of carbonyl (C=O) groups is 1. The van der Waals surface area contributed by atoms with E-state index in [0.29, 0.717) is 5.69 Å². The number of carbonyl (C=O) groups excluding carboxylic acids is 1. The third-order valence-electron chi connectivity index (χ3n) is 3.46. The van der Waals surface area contributed by atoms with Crippen LogP contribution in [0.25, 0.3) is 5.65 Å². The largest absolute Gasteiger partial charge is 0.344 e. The highest BCUT2D eigenvalue weighted by Gasteiger charge is 2.17. The van der Waals surface area contributed by atoms with Gasteiger partial charge >= 0.3 is 0 Å². The van der Waals surface area contributed by atoms with Crippen molar-refractivity contribution in [1.29, 1.82) is 0 Å². The Balaban J connectivity index is 1.81. The first-order chi connectivity index (χ1) is 10.0. The van der Waals surface area contributed by atoms with E-state index in [1.54, 1.807) is 10.9 Å². The van der Waals surface area contributed by atoms with Gasteiger partial charge in [0.1, 0.15) is 11.3 Å². The summed E-state index contributed by atoms with van der Waals surface area (Å²) < 4.78 is 3.58. The van der Waals surface area contributed by atoms with Crippen molar-refractivity contribution in [2.75, 3.05) is 0 Å². The standard InChI is InChI=1S/C15H17N5O/c1-10(12-8-19(3)18-11(12)2)16-15(21)13-9-20-7-5-4-6-14(20)17-13/h4-10H,1-3H3,(H,16,21)/t10-/m1/s1. The van der Waals surface area contributed by atoms with Crippen LogP contribution in [0.3, 0.4) is 0 Å². The van der Waals surface area contributed by atoms with Gasteiger partial charge in [-0.25, -0.2) is 4.98 Å². The van der Waals surface area contributed by atoms with E-state index in [-0.39, 0.29) is 11.9 Å². The van der Waals surface area contributed by atoms with E-state index in [1.165, 1.54) is 0 Å². The van der Waals surface area contributed by atoms with Gasteiger partial charge in [0.2, 0.25) is 0 Å². The fourth-order valence-corrected chi connectivity index (χ4v) is 2.44. The lowest BCUT2D eigenvalue weighted by molar-refractivity contribution is 0.0935. The summed E-state index contributed by atoms with van der Waals surface area (Å²) in [6.07, 6.45) is 5.52. The molecule has 21 heavy (non-hydrogen) atoms. The summed E-state index contributed by atoms with van der Waals surface area (Å²) in [7, 11) is 1.87. The number of aromatic nitrogens is 4. The van der Waals surface area contributed by atoms with E-state index in [1.807, 2.05) is 55.9 Å². The maximum absolute atomic E-state index is 12.3. The topological polar surface area (TPSA) is 64.2 Å². The molecule has 0 aromatic carbocycles. The molecule has 0 unspecified atom stereocenters. The predicted octanol–water partition coefficient (Wildman–Crippen LogP) is 1.87. The zero-order valence-corrected chi connectivity index (χ0v) is 12.2. The van der Waals surface area contributed by atoms with Gasteiger partial charge in [0.25, 0.3) is 5.91 Å². The molecule has 0 aliphatic rings. The number of nitrogens with zero attached hydrogens (tertiary/aromatic N) is 4. The van der Waals surface area contributed by atoms with Crippen molar-refractivity contribution < 1.29 is 4.79 Å². The molecule has 1 N–H and O–H groups in total. The SMILES string of the molecule is Cc1nn(C)cc1[C@@H](C)NC(=O)c1cn2ccccc2n1. The second-order valence-electron chi connectivity index (χ2n) is 5.13. The normalized spacial score (nSPS) is 12.5. The first-order valence-corrected chi connectivity index (χ1v) is 6.79. The molecule has 0 spiro atoms. The fourth-order valence-electron chi connectivity index (χ4n) is 2.44. The molecule has 0 saturated carbocycles. The van der Waals surface area contributed by atoms with Crippen LogP contribution in [0.15, 0.2) is 36.8 Å². The van der Waals surface area contributed by atoms with E-state index in [2.05, 4.69) is 15.4 Å². The van der Waals surface area contributed by atoms with Gasteiger partial charge in [-0.1, -0.05) is 6.07 Å². The van der Waals surface area contributed by atoms with Crippen molar-refractivity contribution in [3.8, 4) is 0 Å². The molecule has 0 fully saturated rings. The number of nitrogens with one attached hydrogen (secondary N) is 1. The van der Waals surface area contributed by atoms with Crippen LogP contribution in [-0.4, -0.2) is 25.1 Å². The number of imidazole rings is 1. The van der Waals surface area contributed by atoms with Gasteiger partial charge in [0, 0.05) is 31.2 Å². The van der Waals surface area contributed by atoms with Crippen molar-refractivity contribution >= 4 is 11.6 Å². The number of amides is 1. The van der Waals surface area contributed by atoms with Crippen LogP contribution in [0.2, 0.25) is 0 Å². The number of fused-ring (bicyclic) bond motifs is 1. The molecular formula is C15H17N5O. The van der Waals surface area contributed by atoms with Crippen molar-refractivity contribution in [2.45, 2.75) is 19.9 Å². The lowest BCUT2D eigenvalue weighted by atomic mass is 10.1. The Morgan fingerprint density at radius 1 is 1.33 bits per heavy atom. The van der Waals surface area contributed by atoms with Crippen LogP contribution in [0, 0.1) is 6.92 Å². The van der Waals surface area contributed by atoms with Crippen LogP contribution in [0.4, 0.5) is 0 Å². The summed E-state index contributed by atoms with van der Waals surface area (Å²) in [5.74, 6) is -0.186. The summed E-state index contributed by atoms with van der Waals surface area (Å²) in [6.45, 7) is 3.88. The Morgan fingerprint density at radius 2 is 2.14 bits per heavy atom. The summed E-state index contributed by atoms with van der Waals surface area (Å²) >= 11 is 0. The summed E-state index contributed by atoms with van der Waals surface area (Å²) in [6, 6.07) is 5.55. The smallest absolute Gasteiger partial charge is 0.271 e. The molecule has 6 nitrogen and oxygen atoms in total. The summed E-state index contributed by atoms with van der Waals surface area (Å²) in [5, 5.41) is 7.25. The molecule has 0 radical (unpaired) electrons. The zero-order valence-electron chi connectivity index (χ0n) is 12.2. The van der Waals surface area contributed by atoms with Crippen LogP contribution in [0.1, 0.15) is 34.7 Å². The maximum Gasteiger partial charge on any atom is 0.271 e. The fraction of sp³-hybridized carbons (Fsp3) is 0.267. The molecule has 0 saturated heterocycles. The number of hydrogen-bond acceptors (Lipinski definition) is 3. The highest BCUT2D eigenvalue weighted by atomic mass is 16.2. The third-order valence-corrected chi connectivity index (χ3v) is 3.46.